The monoisotopic (exact) mass is 313 g/mol. The molecule has 21 heavy (non-hydrogen) atoms. The van der Waals surface area contributed by atoms with Crippen LogP contribution >= 0.6 is 0 Å². The highest BCUT2D eigenvalue weighted by atomic mass is 32.2. The third kappa shape index (κ3) is 2.19. The average molecular weight is 313 g/mol. The molecule has 8 heteroatoms. The first-order valence-electron chi connectivity index (χ1n) is 6.40. The van der Waals surface area contributed by atoms with Crippen LogP contribution < -0.4 is 4.31 Å². The van der Waals surface area contributed by atoms with E-state index in [1.165, 1.54) is 30.1 Å². The third-order valence-electron chi connectivity index (χ3n) is 3.49. The van der Waals surface area contributed by atoms with Crippen molar-refractivity contribution in [1.29, 1.82) is 0 Å². The summed E-state index contributed by atoms with van der Waals surface area (Å²) in [7, 11) is -2.43. The van der Waals surface area contributed by atoms with E-state index in [1.54, 1.807) is 0 Å². The Morgan fingerprint density at radius 3 is 2.71 bits per heavy atom. The lowest BCUT2D eigenvalue weighted by Crippen LogP contribution is -2.37. The van der Waals surface area contributed by atoms with E-state index in [4.69, 9.17) is 0 Å². The van der Waals surface area contributed by atoms with Gasteiger partial charge in [0.15, 0.2) is 10.8 Å². The number of halogens is 2. The van der Waals surface area contributed by atoms with Gasteiger partial charge in [-0.05, 0) is 30.5 Å². The van der Waals surface area contributed by atoms with Gasteiger partial charge in [0.1, 0.15) is 5.82 Å². The molecule has 0 radical (unpaired) electrons. The lowest BCUT2D eigenvalue weighted by molar-refractivity contribution is 0.553. The molecule has 2 heterocycles. The Kier molecular flexibility index (Phi) is 3.20. The Hall–Kier alpha value is -1.96. The van der Waals surface area contributed by atoms with Gasteiger partial charge < -0.3 is 0 Å². The van der Waals surface area contributed by atoms with E-state index in [0.29, 0.717) is 24.5 Å². The predicted molar refractivity (Wildman–Crippen MR) is 72.4 cm³/mol. The first kappa shape index (κ1) is 14.0. The number of sulfonamides is 1. The second kappa shape index (κ2) is 4.80. The van der Waals surface area contributed by atoms with Crippen molar-refractivity contribution in [2.75, 3.05) is 10.8 Å². The largest absolute Gasteiger partial charge is 0.281 e. The second-order valence-corrected chi connectivity index (χ2v) is 6.68. The molecule has 0 bridgehead atoms. The molecule has 0 fully saturated rings. The number of hydrogen-bond acceptors (Lipinski definition) is 3. The van der Waals surface area contributed by atoms with Crippen molar-refractivity contribution in [3.8, 4) is 0 Å². The summed E-state index contributed by atoms with van der Waals surface area (Å²) in [6.07, 6.45) is 2.31. The Bertz CT molecular complexity index is 802. The first-order valence-corrected chi connectivity index (χ1v) is 7.84. The summed E-state index contributed by atoms with van der Waals surface area (Å²) in [5, 5.41) is 3.80. The molecule has 1 aromatic carbocycles. The van der Waals surface area contributed by atoms with Crippen LogP contribution in [0.2, 0.25) is 0 Å². The van der Waals surface area contributed by atoms with E-state index in [2.05, 4.69) is 5.10 Å². The van der Waals surface area contributed by atoms with Gasteiger partial charge in [-0.1, -0.05) is 0 Å². The van der Waals surface area contributed by atoms with E-state index < -0.39 is 21.7 Å². The van der Waals surface area contributed by atoms with Crippen molar-refractivity contribution in [3.05, 3.63) is 41.6 Å². The summed E-state index contributed by atoms with van der Waals surface area (Å²) in [6.45, 7) is 0.156. The van der Waals surface area contributed by atoms with Crippen LogP contribution in [0.5, 0.6) is 0 Å². The molecule has 2 aromatic rings. The molecule has 3 rings (SSSR count). The molecule has 0 N–H and O–H groups in total. The summed E-state index contributed by atoms with van der Waals surface area (Å²) in [4.78, 5) is 0. The quantitative estimate of drug-likeness (QED) is 0.850. The summed E-state index contributed by atoms with van der Waals surface area (Å²) in [5.41, 5.74) is 0.299. The van der Waals surface area contributed by atoms with Crippen molar-refractivity contribution in [1.82, 2.24) is 9.78 Å². The highest BCUT2D eigenvalue weighted by Crippen LogP contribution is 2.34. The van der Waals surface area contributed by atoms with Crippen LogP contribution in [-0.2, 0) is 23.5 Å². The summed E-state index contributed by atoms with van der Waals surface area (Å²) in [6, 6.07) is 3.24. The standard InChI is InChI=1S/C13H13F2N3O2S/c1-17-12(4-5-16-17)21(19,20)18-6-2-3-9-7-10(14)8-11(15)13(9)18/h4-5,7-8H,2-3,6H2,1H3. The summed E-state index contributed by atoms with van der Waals surface area (Å²) < 4.78 is 54.9. The van der Waals surface area contributed by atoms with Gasteiger partial charge in [-0.25, -0.2) is 8.78 Å². The fourth-order valence-corrected chi connectivity index (χ4v) is 4.24. The SMILES string of the molecule is Cn1nccc1S(=O)(=O)N1CCCc2cc(F)cc(F)c21. The van der Waals surface area contributed by atoms with Gasteiger partial charge in [-0.15, -0.1) is 0 Å². The minimum Gasteiger partial charge on any atom is -0.262 e. The predicted octanol–water partition coefficient (Wildman–Crippen LogP) is 1.84. The van der Waals surface area contributed by atoms with Crippen LogP contribution in [0.15, 0.2) is 29.4 Å². The number of benzene rings is 1. The van der Waals surface area contributed by atoms with E-state index >= 15 is 0 Å². The van der Waals surface area contributed by atoms with Gasteiger partial charge in [0.2, 0.25) is 0 Å². The summed E-state index contributed by atoms with van der Waals surface area (Å²) in [5.74, 6) is -1.57. The molecule has 0 atom stereocenters. The number of aromatic nitrogens is 2. The highest BCUT2D eigenvalue weighted by molar-refractivity contribution is 7.92. The number of aryl methyl sites for hydroxylation is 2. The maximum absolute atomic E-state index is 14.1. The summed E-state index contributed by atoms with van der Waals surface area (Å²) >= 11 is 0. The van der Waals surface area contributed by atoms with E-state index in [1.807, 2.05) is 0 Å². The number of fused-ring (bicyclic) bond motifs is 1. The topological polar surface area (TPSA) is 55.2 Å². The van der Waals surface area contributed by atoms with Crippen LogP contribution in [0.3, 0.4) is 0 Å². The minimum atomic E-state index is -3.93. The van der Waals surface area contributed by atoms with E-state index in [9.17, 15) is 17.2 Å². The first-order chi connectivity index (χ1) is 9.91. The number of rotatable bonds is 2. The van der Waals surface area contributed by atoms with Crippen molar-refractivity contribution >= 4 is 15.7 Å². The van der Waals surface area contributed by atoms with Crippen LogP contribution in [0.25, 0.3) is 0 Å². The van der Waals surface area contributed by atoms with Crippen molar-refractivity contribution in [3.63, 3.8) is 0 Å². The van der Waals surface area contributed by atoms with Crippen LogP contribution in [0.1, 0.15) is 12.0 Å². The zero-order chi connectivity index (χ0) is 15.2. The molecular weight excluding hydrogens is 300 g/mol. The Balaban J connectivity index is 2.17. The van der Waals surface area contributed by atoms with Crippen molar-refractivity contribution < 1.29 is 17.2 Å². The maximum atomic E-state index is 14.1. The maximum Gasteiger partial charge on any atom is 0.281 e. The van der Waals surface area contributed by atoms with Gasteiger partial charge in [0, 0.05) is 19.7 Å². The van der Waals surface area contributed by atoms with Gasteiger partial charge >= 0.3 is 0 Å². The number of anilines is 1. The second-order valence-electron chi connectivity index (χ2n) is 4.87. The van der Waals surface area contributed by atoms with Crippen molar-refractivity contribution in [2.45, 2.75) is 17.9 Å². The molecule has 0 aliphatic carbocycles. The van der Waals surface area contributed by atoms with Crippen LogP contribution in [-0.4, -0.2) is 24.7 Å². The molecule has 0 spiro atoms. The smallest absolute Gasteiger partial charge is 0.262 e. The molecule has 0 saturated carbocycles. The van der Waals surface area contributed by atoms with Gasteiger partial charge in [0.25, 0.3) is 10.0 Å². The lowest BCUT2D eigenvalue weighted by atomic mass is 10.0. The molecule has 112 valence electrons. The van der Waals surface area contributed by atoms with Crippen LogP contribution in [0.4, 0.5) is 14.5 Å². The van der Waals surface area contributed by atoms with Crippen LogP contribution in [0, 0.1) is 11.6 Å². The fraction of sp³-hybridized carbons (Fsp3) is 0.308. The normalized spacial score (nSPS) is 15.1. The Labute approximate surface area is 120 Å². The zero-order valence-electron chi connectivity index (χ0n) is 11.3. The highest BCUT2D eigenvalue weighted by Gasteiger charge is 2.33. The number of nitrogens with zero attached hydrogens (tertiary/aromatic N) is 3. The lowest BCUT2D eigenvalue weighted by Gasteiger charge is -2.30. The Morgan fingerprint density at radius 2 is 2.05 bits per heavy atom. The van der Waals surface area contributed by atoms with E-state index in [0.717, 1.165) is 4.31 Å². The van der Waals surface area contributed by atoms with Gasteiger partial charge in [-0.2, -0.15) is 13.5 Å². The molecule has 0 unspecified atom stereocenters. The zero-order valence-corrected chi connectivity index (χ0v) is 12.1. The average Bonchev–Trinajstić information content (AvgIpc) is 2.84. The number of hydrogen-bond donors (Lipinski definition) is 0. The molecule has 0 saturated heterocycles. The van der Waals surface area contributed by atoms with Gasteiger partial charge in [0.05, 0.1) is 11.9 Å². The fourth-order valence-electron chi connectivity index (χ4n) is 2.58. The Morgan fingerprint density at radius 1 is 1.29 bits per heavy atom. The third-order valence-corrected chi connectivity index (χ3v) is 5.37. The molecule has 0 amide bonds. The van der Waals surface area contributed by atoms with Crippen molar-refractivity contribution in [2.24, 2.45) is 7.05 Å². The molecule has 1 aliphatic rings. The molecule has 1 aliphatic heterocycles. The molecule has 1 aromatic heterocycles. The molecule has 5 nitrogen and oxygen atoms in total. The van der Waals surface area contributed by atoms with E-state index in [-0.39, 0.29) is 17.3 Å². The minimum absolute atomic E-state index is 0.0286. The van der Waals surface area contributed by atoms with Gasteiger partial charge in [-0.3, -0.25) is 8.99 Å². The molecular formula is C13H13F2N3O2S.